The average Bonchev–Trinajstić information content (AvgIpc) is 3.25. The summed E-state index contributed by atoms with van der Waals surface area (Å²) in [6.45, 7) is 5.22. The SMILES string of the molecule is CC/C=C\C/C=C\C/C=C\C/C=C\C/C=C\C/C=C\C/C=C\CCCCCC(=O)OC(COCCCCCCCC/C=C\CCCCCCCCC)COP(=O)([O-])OCC[N+](C)(C)C. The summed E-state index contributed by atoms with van der Waals surface area (Å²) in [5.74, 6) is -0.371. The third-order valence-corrected chi connectivity index (χ3v) is 11.3. The number of nitrogens with zero attached hydrogens (tertiary/aromatic N) is 1. The zero-order valence-electron chi connectivity index (χ0n) is 41.7. The van der Waals surface area contributed by atoms with E-state index >= 15 is 0 Å². The second-order valence-corrected chi connectivity index (χ2v) is 19.2. The van der Waals surface area contributed by atoms with Crippen molar-refractivity contribution in [3.05, 3.63) is 97.2 Å². The predicted octanol–water partition coefficient (Wildman–Crippen LogP) is 15.1. The number of likely N-dealkylation sites (N-methyl/N-ethyl adjacent to an activating group) is 1. The molecule has 8 nitrogen and oxygen atoms in total. The molecule has 0 amide bonds. The number of phosphoric acid groups is 1. The maximum Gasteiger partial charge on any atom is 0.306 e. The van der Waals surface area contributed by atoms with Gasteiger partial charge in [0.1, 0.15) is 19.3 Å². The van der Waals surface area contributed by atoms with Crippen LogP contribution in [0.3, 0.4) is 0 Å². The third-order valence-electron chi connectivity index (χ3n) is 10.4. The number of allylic oxidation sites excluding steroid dienone is 16. The molecule has 0 N–H and O–H groups in total. The molecule has 0 fully saturated rings. The largest absolute Gasteiger partial charge is 0.756 e. The number of carbonyl (C=O) groups is 1. The lowest BCUT2D eigenvalue weighted by atomic mass is 10.1. The topological polar surface area (TPSA) is 94.1 Å². The summed E-state index contributed by atoms with van der Waals surface area (Å²) in [5, 5.41) is 0. The van der Waals surface area contributed by atoms with Crippen LogP contribution in [0.5, 0.6) is 0 Å². The second kappa shape index (κ2) is 46.9. The van der Waals surface area contributed by atoms with Crippen molar-refractivity contribution in [2.45, 2.75) is 193 Å². The molecule has 0 aromatic rings. The van der Waals surface area contributed by atoms with Crippen molar-refractivity contribution in [3.8, 4) is 0 Å². The quantitative estimate of drug-likeness (QED) is 0.0197. The van der Waals surface area contributed by atoms with Gasteiger partial charge in [-0.25, -0.2) is 0 Å². The summed E-state index contributed by atoms with van der Waals surface area (Å²) in [6.07, 6.45) is 64.3. The van der Waals surface area contributed by atoms with Crippen molar-refractivity contribution in [1.82, 2.24) is 0 Å². The van der Waals surface area contributed by atoms with Crippen LogP contribution in [0.25, 0.3) is 0 Å². The molecule has 368 valence electrons. The summed E-state index contributed by atoms with van der Waals surface area (Å²) in [5.41, 5.74) is 0. The minimum Gasteiger partial charge on any atom is -0.756 e. The number of carbonyl (C=O) groups excluding carboxylic acids is 1. The first-order chi connectivity index (χ1) is 31.1. The van der Waals surface area contributed by atoms with Gasteiger partial charge in [0, 0.05) is 13.0 Å². The van der Waals surface area contributed by atoms with Gasteiger partial charge < -0.3 is 27.9 Å². The van der Waals surface area contributed by atoms with E-state index in [1.807, 2.05) is 21.1 Å². The highest BCUT2D eigenvalue weighted by Crippen LogP contribution is 2.38. The first-order valence-electron chi connectivity index (χ1n) is 25.5. The normalized spacial score (nSPS) is 14.4. The van der Waals surface area contributed by atoms with Crippen molar-refractivity contribution < 1.29 is 37.3 Å². The van der Waals surface area contributed by atoms with Crippen LogP contribution in [0.1, 0.15) is 187 Å². The molecule has 0 heterocycles. The lowest BCUT2D eigenvalue weighted by molar-refractivity contribution is -0.870. The third kappa shape index (κ3) is 50.4. The Morgan fingerprint density at radius 2 is 0.906 bits per heavy atom. The fourth-order valence-electron chi connectivity index (χ4n) is 6.46. The molecule has 0 spiro atoms. The highest BCUT2D eigenvalue weighted by molar-refractivity contribution is 7.45. The van der Waals surface area contributed by atoms with Gasteiger partial charge in [0.25, 0.3) is 7.82 Å². The van der Waals surface area contributed by atoms with E-state index < -0.39 is 13.9 Å². The minimum atomic E-state index is -4.55. The molecular weight excluding hydrogens is 818 g/mol. The summed E-state index contributed by atoms with van der Waals surface area (Å²) < 4.78 is 34.7. The molecule has 0 saturated heterocycles. The van der Waals surface area contributed by atoms with Crippen molar-refractivity contribution in [1.29, 1.82) is 0 Å². The van der Waals surface area contributed by atoms with Crippen LogP contribution in [0.2, 0.25) is 0 Å². The fraction of sp³-hybridized carbons (Fsp3) is 0.691. The molecule has 2 unspecified atom stereocenters. The first-order valence-corrected chi connectivity index (χ1v) is 26.9. The fourth-order valence-corrected chi connectivity index (χ4v) is 7.19. The molecular formula is C55H96NO7P. The van der Waals surface area contributed by atoms with Gasteiger partial charge in [0.05, 0.1) is 34.4 Å². The Morgan fingerprint density at radius 1 is 0.500 bits per heavy atom. The number of esters is 1. The van der Waals surface area contributed by atoms with Gasteiger partial charge in [-0.1, -0.05) is 182 Å². The number of hydrogen-bond donors (Lipinski definition) is 0. The molecule has 64 heavy (non-hydrogen) atoms. The molecule has 0 aliphatic heterocycles. The van der Waals surface area contributed by atoms with Crippen LogP contribution < -0.4 is 4.89 Å². The van der Waals surface area contributed by atoms with Gasteiger partial charge in [0.2, 0.25) is 0 Å². The van der Waals surface area contributed by atoms with Gasteiger partial charge in [-0.3, -0.25) is 9.36 Å². The highest BCUT2D eigenvalue weighted by atomic mass is 31.2. The Kier molecular flexibility index (Phi) is 45.0. The monoisotopic (exact) mass is 914 g/mol. The molecule has 0 saturated carbocycles. The summed E-state index contributed by atoms with van der Waals surface area (Å²) in [6, 6.07) is 0. The van der Waals surface area contributed by atoms with Crippen molar-refractivity contribution >= 4 is 13.8 Å². The molecule has 0 aromatic carbocycles. The molecule has 0 bridgehead atoms. The van der Waals surface area contributed by atoms with E-state index in [1.54, 1.807) is 0 Å². The number of hydrogen-bond acceptors (Lipinski definition) is 7. The highest BCUT2D eigenvalue weighted by Gasteiger charge is 2.20. The zero-order valence-corrected chi connectivity index (χ0v) is 42.6. The standard InChI is InChI=1S/C55H96NO7P/c1-6-8-10-12-14-16-18-20-22-24-25-26-27-28-29-30-31-32-34-36-38-40-42-44-46-48-55(57)63-54(53-62-64(58,59)61-51-49-56(3,4)5)52-60-50-47-45-43-41-39-37-35-33-23-21-19-17-15-13-11-9-7-2/h8,10,14,16,20,22-23,25-26,28-29,31-33,36,38,54H,6-7,9,11-13,15,17-19,21,24,27,30,34-35,37,39-53H2,1-5H3/b10-8-,16-14-,22-20-,26-25-,29-28-,32-31-,33-23-,38-36-. The molecule has 0 aromatic heterocycles. The Labute approximate surface area is 394 Å². The second-order valence-electron chi connectivity index (χ2n) is 17.8. The average molecular weight is 914 g/mol. The van der Waals surface area contributed by atoms with Gasteiger partial charge in [-0.15, -0.1) is 0 Å². The molecule has 0 rings (SSSR count). The van der Waals surface area contributed by atoms with Gasteiger partial charge in [-0.05, 0) is 96.3 Å². The van der Waals surface area contributed by atoms with E-state index in [4.69, 9.17) is 18.5 Å². The van der Waals surface area contributed by atoms with Crippen LogP contribution in [0.4, 0.5) is 0 Å². The molecule has 0 aliphatic rings. The van der Waals surface area contributed by atoms with Crippen molar-refractivity contribution in [2.75, 3.05) is 54.1 Å². The molecule has 2 atom stereocenters. The van der Waals surface area contributed by atoms with E-state index in [9.17, 15) is 14.3 Å². The van der Waals surface area contributed by atoms with Gasteiger partial charge >= 0.3 is 5.97 Å². The smallest absolute Gasteiger partial charge is 0.306 e. The summed E-state index contributed by atoms with van der Waals surface area (Å²) >= 11 is 0. The van der Waals surface area contributed by atoms with E-state index in [1.165, 1.54) is 77.0 Å². The van der Waals surface area contributed by atoms with Crippen LogP contribution in [-0.2, 0) is 27.9 Å². The summed E-state index contributed by atoms with van der Waals surface area (Å²) in [4.78, 5) is 25.2. The summed E-state index contributed by atoms with van der Waals surface area (Å²) in [7, 11) is 1.32. The molecule has 9 heteroatoms. The van der Waals surface area contributed by atoms with Gasteiger partial charge in [-0.2, -0.15) is 0 Å². The van der Waals surface area contributed by atoms with E-state index in [0.717, 1.165) is 83.5 Å². The van der Waals surface area contributed by atoms with E-state index in [2.05, 4.69) is 111 Å². The maximum atomic E-state index is 12.7. The minimum absolute atomic E-state index is 0.0128. The Balaban J connectivity index is 4.27. The lowest BCUT2D eigenvalue weighted by Gasteiger charge is -2.28. The van der Waals surface area contributed by atoms with Crippen molar-refractivity contribution in [3.63, 3.8) is 0 Å². The maximum absolute atomic E-state index is 12.7. The predicted molar refractivity (Wildman–Crippen MR) is 272 cm³/mol. The lowest BCUT2D eigenvalue weighted by Crippen LogP contribution is -2.37. The first kappa shape index (κ1) is 61.4. The van der Waals surface area contributed by atoms with Crippen LogP contribution in [0.15, 0.2) is 97.2 Å². The van der Waals surface area contributed by atoms with E-state index in [0.29, 0.717) is 24.1 Å². The van der Waals surface area contributed by atoms with Gasteiger partial charge in [0.15, 0.2) is 0 Å². The van der Waals surface area contributed by atoms with Crippen LogP contribution in [-0.4, -0.2) is 70.7 Å². The van der Waals surface area contributed by atoms with E-state index in [-0.39, 0.29) is 32.2 Å². The van der Waals surface area contributed by atoms with Crippen molar-refractivity contribution in [2.24, 2.45) is 0 Å². The number of unbranched alkanes of at least 4 members (excludes halogenated alkanes) is 16. The Hall–Kier alpha value is -2.58. The molecule has 0 radical (unpaired) electrons. The van der Waals surface area contributed by atoms with Crippen LogP contribution >= 0.6 is 7.82 Å². The number of phosphoric ester groups is 1. The molecule has 0 aliphatic carbocycles. The number of rotatable bonds is 46. The Morgan fingerprint density at radius 3 is 1.38 bits per heavy atom. The zero-order chi connectivity index (χ0) is 46.9. The number of ether oxygens (including phenoxy) is 2. The number of quaternary nitrogens is 1. The van der Waals surface area contributed by atoms with Crippen LogP contribution in [0, 0.1) is 0 Å². The Bertz CT molecular complexity index is 1340.